The summed E-state index contributed by atoms with van der Waals surface area (Å²) in [5.41, 5.74) is -0.0234. The Hall–Kier alpha value is -0.570. The SMILES string of the molecule is COCC[C@@H]1[C@@H](C(=O)O)C1(C)C. The lowest BCUT2D eigenvalue weighted by atomic mass is 10.1. The van der Waals surface area contributed by atoms with E-state index in [4.69, 9.17) is 9.84 Å². The third-order valence-corrected chi connectivity index (χ3v) is 2.95. The van der Waals surface area contributed by atoms with Gasteiger partial charge in [-0.15, -0.1) is 0 Å². The summed E-state index contributed by atoms with van der Waals surface area (Å²) < 4.78 is 4.92. The van der Waals surface area contributed by atoms with Gasteiger partial charge in [0.05, 0.1) is 5.92 Å². The normalized spacial score (nSPS) is 31.6. The van der Waals surface area contributed by atoms with E-state index in [1.54, 1.807) is 7.11 Å². The Morgan fingerprint density at radius 3 is 2.50 bits per heavy atom. The number of rotatable bonds is 4. The summed E-state index contributed by atoms with van der Waals surface area (Å²) in [6.45, 7) is 4.68. The van der Waals surface area contributed by atoms with Gasteiger partial charge in [0, 0.05) is 13.7 Å². The van der Waals surface area contributed by atoms with Crippen molar-refractivity contribution in [1.82, 2.24) is 0 Å². The number of aliphatic carboxylic acids is 1. The summed E-state index contributed by atoms with van der Waals surface area (Å²) in [5.74, 6) is -0.524. The van der Waals surface area contributed by atoms with Gasteiger partial charge >= 0.3 is 5.97 Å². The number of carboxylic acids is 1. The molecule has 1 rings (SSSR count). The summed E-state index contributed by atoms with van der Waals surface area (Å²) >= 11 is 0. The Labute approximate surface area is 72.7 Å². The molecule has 3 nitrogen and oxygen atoms in total. The van der Waals surface area contributed by atoms with Crippen LogP contribution in [-0.2, 0) is 9.53 Å². The predicted molar refractivity (Wildman–Crippen MR) is 44.9 cm³/mol. The molecule has 1 aliphatic carbocycles. The largest absolute Gasteiger partial charge is 0.481 e. The maximum absolute atomic E-state index is 10.7. The van der Waals surface area contributed by atoms with Crippen molar-refractivity contribution in [1.29, 1.82) is 0 Å². The van der Waals surface area contributed by atoms with E-state index in [1.807, 2.05) is 13.8 Å². The lowest BCUT2D eigenvalue weighted by molar-refractivity contribution is -0.139. The molecule has 1 N–H and O–H groups in total. The van der Waals surface area contributed by atoms with Crippen LogP contribution in [0.25, 0.3) is 0 Å². The minimum Gasteiger partial charge on any atom is -0.481 e. The second-order valence-corrected chi connectivity index (χ2v) is 4.03. The molecule has 12 heavy (non-hydrogen) atoms. The lowest BCUT2D eigenvalue weighted by Gasteiger charge is -2.00. The topological polar surface area (TPSA) is 46.5 Å². The first-order chi connectivity index (χ1) is 5.51. The molecule has 0 bridgehead atoms. The van der Waals surface area contributed by atoms with Crippen LogP contribution in [0.4, 0.5) is 0 Å². The standard InChI is InChI=1S/C9H16O3/c1-9(2)6(4-5-12-3)7(9)8(10)11/h6-7H,4-5H2,1-3H3,(H,10,11)/t6-,7+/m1/s1. The van der Waals surface area contributed by atoms with Crippen LogP contribution in [-0.4, -0.2) is 24.8 Å². The van der Waals surface area contributed by atoms with Crippen LogP contribution in [0.5, 0.6) is 0 Å². The van der Waals surface area contributed by atoms with Crippen molar-refractivity contribution in [2.75, 3.05) is 13.7 Å². The minimum atomic E-state index is -0.666. The van der Waals surface area contributed by atoms with Crippen molar-refractivity contribution >= 4 is 5.97 Å². The van der Waals surface area contributed by atoms with Crippen LogP contribution in [0.2, 0.25) is 0 Å². The van der Waals surface area contributed by atoms with E-state index in [0.717, 1.165) is 6.42 Å². The van der Waals surface area contributed by atoms with Crippen molar-refractivity contribution in [2.45, 2.75) is 20.3 Å². The van der Waals surface area contributed by atoms with E-state index < -0.39 is 5.97 Å². The summed E-state index contributed by atoms with van der Waals surface area (Å²) in [6, 6.07) is 0. The molecule has 0 spiro atoms. The van der Waals surface area contributed by atoms with Crippen LogP contribution in [0.3, 0.4) is 0 Å². The van der Waals surface area contributed by atoms with Crippen LogP contribution >= 0.6 is 0 Å². The van der Waals surface area contributed by atoms with E-state index in [9.17, 15) is 4.79 Å². The quantitative estimate of drug-likeness (QED) is 0.696. The molecule has 0 aromatic carbocycles. The molecule has 1 aliphatic rings. The molecule has 0 amide bonds. The molecule has 2 atom stereocenters. The summed E-state index contributed by atoms with van der Waals surface area (Å²) in [4.78, 5) is 10.7. The highest BCUT2D eigenvalue weighted by Crippen LogP contribution is 2.59. The molecule has 0 aliphatic heterocycles. The zero-order valence-corrected chi connectivity index (χ0v) is 7.83. The average Bonchev–Trinajstić information content (AvgIpc) is 2.49. The molecule has 0 saturated heterocycles. The van der Waals surface area contributed by atoms with Gasteiger partial charge in [-0.05, 0) is 17.8 Å². The highest BCUT2D eigenvalue weighted by molar-refractivity contribution is 5.75. The lowest BCUT2D eigenvalue weighted by Crippen LogP contribution is -2.03. The Balaban J connectivity index is 2.43. The highest BCUT2D eigenvalue weighted by atomic mass is 16.5. The van der Waals surface area contributed by atoms with Crippen LogP contribution in [0.1, 0.15) is 20.3 Å². The Morgan fingerprint density at radius 2 is 2.17 bits per heavy atom. The highest BCUT2D eigenvalue weighted by Gasteiger charge is 2.61. The Morgan fingerprint density at radius 1 is 1.58 bits per heavy atom. The molecule has 0 unspecified atom stereocenters. The van der Waals surface area contributed by atoms with Gasteiger partial charge in [0.25, 0.3) is 0 Å². The van der Waals surface area contributed by atoms with Crippen molar-refractivity contribution in [3.05, 3.63) is 0 Å². The van der Waals surface area contributed by atoms with Crippen molar-refractivity contribution < 1.29 is 14.6 Å². The van der Waals surface area contributed by atoms with Gasteiger partial charge in [0.2, 0.25) is 0 Å². The first-order valence-corrected chi connectivity index (χ1v) is 4.23. The van der Waals surface area contributed by atoms with Crippen LogP contribution < -0.4 is 0 Å². The van der Waals surface area contributed by atoms with Crippen LogP contribution in [0, 0.1) is 17.3 Å². The van der Waals surface area contributed by atoms with E-state index in [2.05, 4.69) is 0 Å². The maximum Gasteiger partial charge on any atom is 0.307 e. The van der Waals surface area contributed by atoms with Gasteiger partial charge < -0.3 is 9.84 Å². The summed E-state index contributed by atoms with van der Waals surface area (Å²) in [5, 5.41) is 8.82. The van der Waals surface area contributed by atoms with Crippen LogP contribution in [0.15, 0.2) is 0 Å². The smallest absolute Gasteiger partial charge is 0.307 e. The molecule has 0 aromatic heterocycles. The van der Waals surface area contributed by atoms with E-state index in [1.165, 1.54) is 0 Å². The van der Waals surface area contributed by atoms with E-state index in [-0.39, 0.29) is 11.3 Å². The zero-order valence-electron chi connectivity index (χ0n) is 7.83. The van der Waals surface area contributed by atoms with Crippen molar-refractivity contribution in [3.8, 4) is 0 Å². The number of hydrogen-bond donors (Lipinski definition) is 1. The second kappa shape index (κ2) is 3.05. The number of ether oxygens (including phenoxy) is 1. The fourth-order valence-corrected chi connectivity index (χ4v) is 2.02. The van der Waals surface area contributed by atoms with Gasteiger partial charge in [0.15, 0.2) is 0 Å². The number of methoxy groups -OCH3 is 1. The second-order valence-electron chi connectivity index (χ2n) is 4.03. The predicted octanol–water partition coefficient (Wildman–Crippen LogP) is 1.38. The average molecular weight is 172 g/mol. The summed E-state index contributed by atoms with van der Waals surface area (Å²) in [6.07, 6.45) is 0.862. The van der Waals surface area contributed by atoms with Crippen molar-refractivity contribution in [3.63, 3.8) is 0 Å². The number of carbonyl (C=O) groups is 1. The molecule has 1 saturated carbocycles. The molecule has 0 heterocycles. The van der Waals surface area contributed by atoms with Gasteiger partial charge in [-0.1, -0.05) is 13.8 Å². The van der Waals surface area contributed by atoms with Gasteiger partial charge in [0.1, 0.15) is 0 Å². The summed E-state index contributed by atoms with van der Waals surface area (Å²) in [7, 11) is 1.64. The maximum atomic E-state index is 10.7. The third-order valence-electron chi connectivity index (χ3n) is 2.95. The number of carboxylic acid groups (broad SMARTS) is 1. The number of hydrogen-bond acceptors (Lipinski definition) is 2. The van der Waals surface area contributed by atoms with E-state index >= 15 is 0 Å². The Kier molecular flexibility index (Phi) is 2.42. The van der Waals surface area contributed by atoms with E-state index in [0.29, 0.717) is 12.5 Å². The molecule has 70 valence electrons. The first-order valence-electron chi connectivity index (χ1n) is 4.23. The first kappa shape index (κ1) is 9.52. The zero-order chi connectivity index (χ0) is 9.35. The van der Waals surface area contributed by atoms with Gasteiger partial charge in [-0.25, -0.2) is 0 Å². The van der Waals surface area contributed by atoms with Gasteiger partial charge in [-0.2, -0.15) is 0 Å². The minimum absolute atomic E-state index is 0.0234. The molecule has 1 fully saturated rings. The Bertz CT molecular complexity index is 186. The van der Waals surface area contributed by atoms with Gasteiger partial charge in [-0.3, -0.25) is 4.79 Å². The molecular formula is C9H16O3. The van der Waals surface area contributed by atoms with Crippen molar-refractivity contribution in [2.24, 2.45) is 17.3 Å². The fraction of sp³-hybridized carbons (Fsp3) is 0.889. The monoisotopic (exact) mass is 172 g/mol. The molecule has 0 radical (unpaired) electrons. The third kappa shape index (κ3) is 1.46. The molecular weight excluding hydrogens is 156 g/mol. The molecule has 3 heteroatoms. The fourth-order valence-electron chi connectivity index (χ4n) is 2.02. The molecule has 0 aromatic rings.